The lowest BCUT2D eigenvalue weighted by atomic mass is 10.0. The van der Waals surface area contributed by atoms with Crippen LogP contribution in [0.25, 0.3) is 0 Å². The summed E-state index contributed by atoms with van der Waals surface area (Å²) >= 11 is 0. The van der Waals surface area contributed by atoms with Crippen LogP contribution < -0.4 is 0 Å². The number of hydrogen-bond acceptors (Lipinski definition) is 4. The second-order valence-corrected chi connectivity index (χ2v) is 7.08. The molecule has 1 aromatic carbocycles. The van der Waals surface area contributed by atoms with Gasteiger partial charge in [-0.2, -0.15) is 0 Å². The first-order valence-corrected chi connectivity index (χ1v) is 10.6. The maximum absolute atomic E-state index is 12.4. The Morgan fingerprint density at radius 2 is 1.30 bits per heavy atom. The molecule has 1 aromatic rings. The van der Waals surface area contributed by atoms with Gasteiger partial charge in [0.05, 0.1) is 24.3 Å². The van der Waals surface area contributed by atoms with Crippen LogP contribution in [0.2, 0.25) is 0 Å². The van der Waals surface area contributed by atoms with Crippen molar-refractivity contribution >= 4 is 11.9 Å². The van der Waals surface area contributed by atoms with Gasteiger partial charge in [0.1, 0.15) is 0 Å². The summed E-state index contributed by atoms with van der Waals surface area (Å²) in [5, 5.41) is 0. The van der Waals surface area contributed by atoms with Gasteiger partial charge in [-0.15, -0.1) is 0 Å². The Morgan fingerprint density at radius 3 is 1.85 bits per heavy atom. The first-order valence-electron chi connectivity index (χ1n) is 10.6. The smallest absolute Gasteiger partial charge is 0.339 e. The minimum Gasteiger partial charge on any atom is -0.462 e. The van der Waals surface area contributed by atoms with Gasteiger partial charge >= 0.3 is 11.9 Å². The summed E-state index contributed by atoms with van der Waals surface area (Å²) in [6.07, 6.45) is 10.1. The Bertz CT molecular complexity index is 549. The second-order valence-electron chi connectivity index (χ2n) is 7.08. The highest BCUT2D eigenvalue weighted by Crippen LogP contribution is 2.15. The van der Waals surface area contributed by atoms with E-state index in [9.17, 15) is 9.59 Å². The summed E-state index contributed by atoms with van der Waals surface area (Å²) in [7, 11) is 0. The van der Waals surface area contributed by atoms with E-state index in [1.54, 1.807) is 24.3 Å². The molecule has 0 saturated carbocycles. The first kappa shape index (κ1) is 23.2. The Labute approximate surface area is 164 Å². The van der Waals surface area contributed by atoms with E-state index in [1.807, 2.05) is 0 Å². The number of unbranched alkanes of at least 4 members (excludes halogenated alkanes) is 6. The van der Waals surface area contributed by atoms with Crippen molar-refractivity contribution in [1.29, 1.82) is 0 Å². The predicted molar refractivity (Wildman–Crippen MR) is 109 cm³/mol. The molecule has 4 nitrogen and oxygen atoms in total. The molecule has 0 unspecified atom stereocenters. The van der Waals surface area contributed by atoms with Gasteiger partial charge in [-0.05, 0) is 24.5 Å². The fourth-order valence-corrected chi connectivity index (χ4v) is 2.94. The number of carbonyl (C=O) groups is 2. The molecule has 0 aromatic heterocycles. The third-order valence-electron chi connectivity index (χ3n) is 4.95. The molecule has 0 radical (unpaired) electrons. The number of hydrogen-bond donors (Lipinski definition) is 0. The zero-order valence-electron chi connectivity index (χ0n) is 17.3. The van der Waals surface area contributed by atoms with Gasteiger partial charge in [0.25, 0.3) is 0 Å². The van der Waals surface area contributed by atoms with Gasteiger partial charge in [0.15, 0.2) is 0 Å². The van der Waals surface area contributed by atoms with Crippen LogP contribution in [0.4, 0.5) is 0 Å². The van der Waals surface area contributed by atoms with Crippen LogP contribution >= 0.6 is 0 Å². The summed E-state index contributed by atoms with van der Waals surface area (Å²) in [6.45, 7) is 7.14. The van der Waals surface area contributed by atoms with Crippen LogP contribution in [0.15, 0.2) is 24.3 Å². The molecule has 0 aliphatic rings. The average molecular weight is 377 g/mol. The third-order valence-corrected chi connectivity index (χ3v) is 4.95. The molecule has 152 valence electrons. The van der Waals surface area contributed by atoms with E-state index in [1.165, 1.54) is 32.1 Å². The Hall–Kier alpha value is -1.84. The van der Waals surface area contributed by atoms with Gasteiger partial charge in [-0.1, -0.05) is 84.3 Å². The second kappa shape index (κ2) is 14.2. The van der Waals surface area contributed by atoms with Gasteiger partial charge in [-0.3, -0.25) is 0 Å². The third kappa shape index (κ3) is 9.07. The molecular formula is C23H36O4. The monoisotopic (exact) mass is 376 g/mol. The molecule has 4 heteroatoms. The van der Waals surface area contributed by atoms with Crippen molar-refractivity contribution in [3.8, 4) is 0 Å². The molecule has 0 spiro atoms. The maximum Gasteiger partial charge on any atom is 0.339 e. The van der Waals surface area contributed by atoms with Crippen LogP contribution in [0.5, 0.6) is 0 Å². The molecule has 27 heavy (non-hydrogen) atoms. The van der Waals surface area contributed by atoms with Crippen LogP contribution in [0.3, 0.4) is 0 Å². The number of benzene rings is 1. The molecule has 0 aliphatic heterocycles. The molecule has 0 aliphatic carbocycles. The van der Waals surface area contributed by atoms with Crippen molar-refractivity contribution in [3.63, 3.8) is 0 Å². The number of rotatable bonds is 14. The van der Waals surface area contributed by atoms with Crippen molar-refractivity contribution in [2.45, 2.75) is 78.6 Å². The molecule has 0 N–H and O–H groups in total. The van der Waals surface area contributed by atoms with E-state index < -0.39 is 11.9 Å². The lowest BCUT2D eigenvalue weighted by molar-refractivity contribution is 0.0408. The van der Waals surface area contributed by atoms with E-state index in [0.29, 0.717) is 19.1 Å². The minimum absolute atomic E-state index is 0.285. The van der Waals surface area contributed by atoms with E-state index in [4.69, 9.17) is 9.47 Å². The molecule has 0 saturated heterocycles. The van der Waals surface area contributed by atoms with E-state index in [2.05, 4.69) is 20.8 Å². The van der Waals surface area contributed by atoms with Crippen LogP contribution in [0.1, 0.15) is 99.3 Å². The van der Waals surface area contributed by atoms with Crippen molar-refractivity contribution in [2.75, 3.05) is 13.2 Å². The molecule has 0 amide bonds. The fraction of sp³-hybridized carbons (Fsp3) is 0.652. The fourth-order valence-electron chi connectivity index (χ4n) is 2.94. The highest BCUT2D eigenvalue weighted by atomic mass is 16.5. The lowest BCUT2D eigenvalue weighted by Crippen LogP contribution is -2.17. The molecule has 0 atom stereocenters. The quantitative estimate of drug-likeness (QED) is 0.287. The summed E-state index contributed by atoms with van der Waals surface area (Å²) < 4.78 is 10.8. The highest BCUT2D eigenvalue weighted by molar-refractivity contribution is 6.03. The SMILES string of the molecule is CCCCCCCCCOC(=O)c1ccccc1C(=O)OCC(CC)CC. The Morgan fingerprint density at radius 1 is 0.778 bits per heavy atom. The van der Waals surface area contributed by atoms with Crippen molar-refractivity contribution in [3.05, 3.63) is 35.4 Å². The van der Waals surface area contributed by atoms with Crippen LogP contribution in [-0.2, 0) is 9.47 Å². The van der Waals surface area contributed by atoms with E-state index in [-0.39, 0.29) is 11.1 Å². The normalized spacial score (nSPS) is 10.8. The first-order chi connectivity index (χ1) is 13.1. The molecule has 0 heterocycles. The topological polar surface area (TPSA) is 52.6 Å². The largest absolute Gasteiger partial charge is 0.462 e. The van der Waals surface area contributed by atoms with Gasteiger partial charge in [-0.25, -0.2) is 9.59 Å². The van der Waals surface area contributed by atoms with Crippen molar-refractivity contribution in [2.24, 2.45) is 5.92 Å². The predicted octanol–water partition coefficient (Wildman–Crippen LogP) is 6.19. The standard InChI is InChI=1S/C23H36O4/c1-4-7-8-9-10-11-14-17-26-22(24)20-15-12-13-16-21(20)23(25)27-18-19(5-2)6-3/h12-13,15-16,19H,4-11,14,17-18H2,1-3H3. The lowest BCUT2D eigenvalue weighted by Gasteiger charge is -2.14. The van der Waals surface area contributed by atoms with Gasteiger partial charge < -0.3 is 9.47 Å². The summed E-state index contributed by atoms with van der Waals surface area (Å²) in [6, 6.07) is 6.73. The number of carbonyl (C=O) groups excluding carboxylic acids is 2. The number of ether oxygens (including phenoxy) is 2. The molecule has 0 fully saturated rings. The van der Waals surface area contributed by atoms with Gasteiger partial charge in [0.2, 0.25) is 0 Å². The summed E-state index contributed by atoms with van der Waals surface area (Å²) in [5.41, 5.74) is 0.572. The van der Waals surface area contributed by atoms with E-state index >= 15 is 0 Å². The Kier molecular flexibility index (Phi) is 12.2. The minimum atomic E-state index is -0.453. The molecular weight excluding hydrogens is 340 g/mol. The summed E-state index contributed by atoms with van der Waals surface area (Å²) in [4.78, 5) is 24.7. The number of esters is 2. The Balaban J connectivity index is 2.45. The maximum atomic E-state index is 12.4. The molecule has 1 rings (SSSR count). The van der Waals surface area contributed by atoms with Crippen LogP contribution in [0, 0.1) is 5.92 Å². The van der Waals surface area contributed by atoms with Crippen LogP contribution in [-0.4, -0.2) is 25.2 Å². The average Bonchev–Trinajstić information content (AvgIpc) is 2.70. The van der Waals surface area contributed by atoms with Crippen molar-refractivity contribution < 1.29 is 19.1 Å². The van der Waals surface area contributed by atoms with E-state index in [0.717, 1.165) is 25.7 Å². The van der Waals surface area contributed by atoms with Gasteiger partial charge in [0, 0.05) is 0 Å². The van der Waals surface area contributed by atoms with Crippen molar-refractivity contribution in [1.82, 2.24) is 0 Å². The zero-order chi connectivity index (χ0) is 19.9. The zero-order valence-corrected chi connectivity index (χ0v) is 17.3. The highest BCUT2D eigenvalue weighted by Gasteiger charge is 2.19. The molecule has 0 bridgehead atoms. The summed E-state index contributed by atoms with van der Waals surface area (Å²) in [5.74, 6) is -0.549.